The Morgan fingerprint density at radius 2 is 1.75 bits per heavy atom. The van der Waals surface area contributed by atoms with Crippen LogP contribution in [0.2, 0.25) is 0 Å². The maximum Gasteiger partial charge on any atom is 0.174 e. The zero-order chi connectivity index (χ0) is 13.5. The Hall–Kier alpha value is -2.55. The van der Waals surface area contributed by atoms with E-state index in [1.807, 2.05) is 18.2 Å². The molecular formula is C17H13NO2. The third-order valence-corrected chi connectivity index (χ3v) is 3.81. The smallest absolute Gasteiger partial charge is 0.174 e. The Labute approximate surface area is 116 Å². The molecule has 0 aliphatic heterocycles. The van der Waals surface area contributed by atoms with Gasteiger partial charge < -0.3 is 9.63 Å². The molecule has 98 valence electrons. The SMILES string of the molecule is Oc1ccc(-c2onc3c2-c2ccccc2CC3)cc1. The van der Waals surface area contributed by atoms with E-state index in [0.29, 0.717) is 0 Å². The fraction of sp³-hybridized carbons (Fsp3) is 0.118. The van der Waals surface area contributed by atoms with Crippen LogP contribution in [-0.2, 0) is 12.8 Å². The largest absolute Gasteiger partial charge is 0.508 e. The van der Waals surface area contributed by atoms with Crippen molar-refractivity contribution < 1.29 is 9.63 Å². The molecule has 4 rings (SSSR count). The van der Waals surface area contributed by atoms with Gasteiger partial charge in [-0.05, 0) is 48.2 Å². The summed E-state index contributed by atoms with van der Waals surface area (Å²) in [6.45, 7) is 0. The van der Waals surface area contributed by atoms with E-state index in [-0.39, 0.29) is 5.75 Å². The van der Waals surface area contributed by atoms with Crippen LogP contribution in [0.3, 0.4) is 0 Å². The second-order valence-electron chi connectivity index (χ2n) is 5.04. The van der Waals surface area contributed by atoms with Gasteiger partial charge in [-0.15, -0.1) is 0 Å². The summed E-state index contributed by atoms with van der Waals surface area (Å²) in [5.74, 6) is 1.04. The molecular weight excluding hydrogens is 250 g/mol. The number of rotatable bonds is 1. The fourth-order valence-corrected chi connectivity index (χ4v) is 2.82. The van der Waals surface area contributed by atoms with Gasteiger partial charge in [-0.2, -0.15) is 0 Å². The van der Waals surface area contributed by atoms with E-state index < -0.39 is 0 Å². The number of hydrogen-bond donors (Lipinski definition) is 1. The van der Waals surface area contributed by atoms with Crippen LogP contribution in [0, 0.1) is 0 Å². The Bertz CT molecular complexity index is 772. The molecule has 0 fully saturated rings. The number of aromatic hydroxyl groups is 1. The number of aromatic nitrogens is 1. The minimum absolute atomic E-state index is 0.252. The maximum atomic E-state index is 9.40. The van der Waals surface area contributed by atoms with E-state index in [1.165, 1.54) is 11.1 Å². The van der Waals surface area contributed by atoms with Crippen molar-refractivity contribution in [1.29, 1.82) is 0 Å². The standard InChI is InChI=1S/C17H13NO2/c19-13-8-5-12(6-9-13)17-16-14-4-2-1-3-11(14)7-10-15(16)18-20-17/h1-6,8-9,19H,7,10H2. The zero-order valence-corrected chi connectivity index (χ0v) is 10.8. The molecule has 0 unspecified atom stereocenters. The molecule has 1 heterocycles. The number of hydrogen-bond acceptors (Lipinski definition) is 3. The zero-order valence-electron chi connectivity index (χ0n) is 10.8. The van der Waals surface area contributed by atoms with Crippen LogP contribution in [0.15, 0.2) is 53.1 Å². The number of phenolic OH excluding ortho intramolecular Hbond substituents is 1. The number of phenols is 1. The summed E-state index contributed by atoms with van der Waals surface area (Å²) < 4.78 is 5.57. The molecule has 0 spiro atoms. The molecule has 3 aromatic rings. The van der Waals surface area contributed by atoms with Crippen LogP contribution in [0.1, 0.15) is 11.3 Å². The molecule has 1 N–H and O–H groups in total. The van der Waals surface area contributed by atoms with Gasteiger partial charge in [0.15, 0.2) is 5.76 Å². The van der Waals surface area contributed by atoms with Crippen molar-refractivity contribution in [3.63, 3.8) is 0 Å². The van der Waals surface area contributed by atoms with Gasteiger partial charge in [0.2, 0.25) is 0 Å². The highest BCUT2D eigenvalue weighted by molar-refractivity contribution is 5.84. The number of benzene rings is 2. The van der Waals surface area contributed by atoms with Crippen LogP contribution >= 0.6 is 0 Å². The lowest BCUT2D eigenvalue weighted by Crippen LogP contribution is -2.02. The minimum Gasteiger partial charge on any atom is -0.508 e. The number of aryl methyl sites for hydroxylation is 2. The summed E-state index contributed by atoms with van der Waals surface area (Å²) in [7, 11) is 0. The average molecular weight is 263 g/mol. The van der Waals surface area contributed by atoms with Crippen molar-refractivity contribution in [1.82, 2.24) is 5.16 Å². The fourth-order valence-electron chi connectivity index (χ4n) is 2.82. The predicted molar refractivity (Wildman–Crippen MR) is 76.4 cm³/mol. The Balaban J connectivity index is 1.93. The van der Waals surface area contributed by atoms with E-state index >= 15 is 0 Å². The first-order chi connectivity index (χ1) is 9.83. The second-order valence-corrected chi connectivity index (χ2v) is 5.04. The molecule has 1 aliphatic rings. The topological polar surface area (TPSA) is 46.3 Å². The number of nitrogens with zero attached hydrogens (tertiary/aromatic N) is 1. The lowest BCUT2D eigenvalue weighted by Gasteiger charge is -2.15. The van der Waals surface area contributed by atoms with Crippen molar-refractivity contribution in [2.75, 3.05) is 0 Å². The normalized spacial score (nSPS) is 12.8. The lowest BCUT2D eigenvalue weighted by atomic mass is 9.87. The van der Waals surface area contributed by atoms with Gasteiger partial charge in [-0.1, -0.05) is 29.4 Å². The molecule has 2 aromatic carbocycles. The molecule has 3 heteroatoms. The molecule has 0 bridgehead atoms. The van der Waals surface area contributed by atoms with Crippen molar-refractivity contribution in [2.24, 2.45) is 0 Å². The monoisotopic (exact) mass is 263 g/mol. The lowest BCUT2D eigenvalue weighted by molar-refractivity contribution is 0.423. The van der Waals surface area contributed by atoms with E-state index in [1.54, 1.807) is 12.1 Å². The minimum atomic E-state index is 0.252. The summed E-state index contributed by atoms with van der Waals surface area (Å²) in [4.78, 5) is 0. The molecule has 0 saturated heterocycles. The predicted octanol–water partition coefficient (Wildman–Crippen LogP) is 3.81. The van der Waals surface area contributed by atoms with Gasteiger partial charge in [-0.3, -0.25) is 0 Å². The molecule has 1 aliphatic carbocycles. The van der Waals surface area contributed by atoms with Gasteiger partial charge >= 0.3 is 0 Å². The third-order valence-electron chi connectivity index (χ3n) is 3.81. The quantitative estimate of drug-likeness (QED) is 0.726. The van der Waals surface area contributed by atoms with Crippen molar-refractivity contribution in [3.8, 4) is 28.2 Å². The molecule has 3 nitrogen and oxygen atoms in total. The molecule has 1 aromatic heterocycles. The van der Waals surface area contributed by atoms with Gasteiger partial charge in [0, 0.05) is 5.56 Å². The first-order valence-electron chi connectivity index (χ1n) is 6.69. The number of fused-ring (bicyclic) bond motifs is 3. The van der Waals surface area contributed by atoms with E-state index in [4.69, 9.17) is 4.52 Å². The van der Waals surface area contributed by atoms with Crippen LogP contribution in [-0.4, -0.2) is 10.3 Å². The summed E-state index contributed by atoms with van der Waals surface area (Å²) in [6.07, 6.45) is 1.92. The van der Waals surface area contributed by atoms with Crippen molar-refractivity contribution in [3.05, 3.63) is 59.8 Å². The first kappa shape index (κ1) is 11.3. The molecule has 0 radical (unpaired) electrons. The molecule has 0 atom stereocenters. The van der Waals surface area contributed by atoms with Crippen LogP contribution in [0.5, 0.6) is 5.75 Å². The van der Waals surface area contributed by atoms with Crippen LogP contribution in [0.4, 0.5) is 0 Å². The summed E-state index contributed by atoms with van der Waals surface area (Å²) in [6, 6.07) is 15.4. The van der Waals surface area contributed by atoms with Crippen molar-refractivity contribution in [2.45, 2.75) is 12.8 Å². The van der Waals surface area contributed by atoms with Gasteiger partial charge in [0.1, 0.15) is 5.75 Å². The highest BCUT2D eigenvalue weighted by Crippen LogP contribution is 2.40. The third kappa shape index (κ3) is 1.63. The Morgan fingerprint density at radius 1 is 0.950 bits per heavy atom. The summed E-state index contributed by atoms with van der Waals surface area (Å²) >= 11 is 0. The van der Waals surface area contributed by atoms with Gasteiger partial charge in [0.05, 0.1) is 11.3 Å². The highest BCUT2D eigenvalue weighted by atomic mass is 16.5. The highest BCUT2D eigenvalue weighted by Gasteiger charge is 2.24. The van der Waals surface area contributed by atoms with Crippen LogP contribution in [0.25, 0.3) is 22.5 Å². The Kier molecular flexibility index (Phi) is 2.39. The summed E-state index contributed by atoms with van der Waals surface area (Å²) in [5, 5.41) is 13.6. The van der Waals surface area contributed by atoms with Gasteiger partial charge in [0.25, 0.3) is 0 Å². The maximum absolute atomic E-state index is 9.40. The van der Waals surface area contributed by atoms with Crippen molar-refractivity contribution >= 4 is 0 Å². The van der Waals surface area contributed by atoms with Gasteiger partial charge in [-0.25, -0.2) is 0 Å². The molecule has 0 amide bonds. The van der Waals surface area contributed by atoms with E-state index in [0.717, 1.165) is 35.4 Å². The van der Waals surface area contributed by atoms with Crippen LogP contribution < -0.4 is 0 Å². The molecule has 20 heavy (non-hydrogen) atoms. The molecule has 0 saturated carbocycles. The first-order valence-corrected chi connectivity index (χ1v) is 6.69. The second kappa shape index (κ2) is 4.23. The van der Waals surface area contributed by atoms with E-state index in [2.05, 4.69) is 23.4 Å². The Morgan fingerprint density at radius 3 is 2.60 bits per heavy atom. The van der Waals surface area contributed by atoms with E-state index in [9.17, 15) is 5.11 Å². The average Bonchev–Trinajstić information content (AvgIpc) is 2.92. The summed E-state index contributed by atoms with van der Waals surface area (Å²) in [5.41, 5.74) is 5.60.